The van der Waals surface area contributed by atoms with Crippen LogP contribution in [0.1, 0.15) is 41.0 Å². The van der Waals surface area contributed by atoms with E-state index in [9.17, 15) is 13.2 Å². The van der Waals surface area contributed by atoms with Gasteiger partial charge in [-0.3, -0.25) is 4.79 Å². The van der Waals surface area contributed by atoms with Gasteiger partial charge in [0.25, 0.3) is 0 Å². The SMILES string of the molecule is CC(C)S(=O)(=O)NCC(CC(C)(C)C)C(=O)O. The topological polar surface area (TPSA) is 83.5 Å². The first kappa shape index (κ1) is 16.4. The van der Waals surface area contributed by atoms with Crippen LogP contribution in [-0.4, -0.2) is 31.3 Å². The molecular weight excluding hydrogens is 242 g/mol. The number of carbonyl (C=O) groups is 1. The predicted molar refractivity (Wildman–Crippen MR) is 67.3 cm³/mol. The van der Waals surface area contributed by atoms with Crippen molar-refractivity contribution in [2.75, 3.05) is 6.54 Å². The Labute approximate surface area is 104 Å². The number of nitrogens with one attached hydrogen (secondary N) is 1. The number of hydrogen-bond acceptors (Lipinski definition) is 3. The van der Waals surface area contributed by atoms with Crippen LogP contribution in [0.25, 0.3) is 0 Å². The van der Waals surface area contributed by atoms with Crippen molar-refractivity contribution in [3.05, 3.63) is 0 Å². The maximum atomic E-state index is 11.5. The number of sulfonamides is 1. The van der Waals surface area contributed by atoms with Crippen LogP contribution >= 0.6 is 0 Å². The summed E-state index contributed by atoms with van der Waals surface area (Å²) in [5.41, 5.74) is -0.146. The molecule has 6 heteroatoms. The van der Waals surface area contributed by atoms with Crippen LogP contribution in [-0.2, 0) is 14.8 Å². The van der Waals surface area contributed by atoms with Gasteiger partial charge in [0.1, 0.15) is 0 Å². The van der Waals surface area contributed by atoms with Crippen molar-refractivity contribution in [3.8, 4) is 0 Å². The number of rotatable bonds is 6. The standard InChI is InChI=1S/C11H23NO4S/c1-8(2)17(15,16)12-7-9(10(13)14)6-11(3,4)5/h8-9,12H,6-7H2,1-5H3,(H,13,14). The summed E-state index contributed by atoms with van der Waals surface area (Å²) in [5, 5.41) is 8.49. The Balaban J connectivity index is 4.55. The highest BCUT2D eigenvalue weighted by Crippen LogP contribution is 2.24. The Morgan fingerprint density at radius 2 is 1.76 bits per heavy atom. The molecule has 0 heterocycles. The molecule has 5 nitrogen and oxygen atoms in total. The summed E-state index contributed by atoms with van der Waals surface area (Å²) >= 11 is 0. The maximum Gasteiger partial charge on any atom is 0.307 e. The van der Waals surface area contributed by atoms with Crippen molar-refractivity contribution in [1.29, 1.82) is 0 Å². The largest absolute Gasteiger partial charge is 0.481 e. The minimum atomic E-state index is -3.40. The van der Waals surface area contributed by atoms with Crippen molar-refractivity contribution in [2.45, 2.75) is 46.3 Å². The van der Waals surface area contributed by atoms with Gasteiger partial charge in [-0.2, -0.15) is 0 Å². The van der Waals surface area contributed by atoms with Crippen LogP contribution in [0.3, 0.4) is 0 Å². The summed E-state index contributed by atoms with van der Waals surface area (Å²) in [7, 11) is -3.40. The Kier molecular flexibility index (Phi) is 5.61. The lowest BCUT2D eigenvalue weighted by Gasteiger charge is -2.23. The third kappa shape index (κ3) is 6.63. The summed E-state index contributed by atoms with van der Waals surface area (Å²) in [4.78, 5) is 11.0. The maximum absolute atomic E-state index is 11.5. The summed E-state index contributed by atoms with van der Waals surface area (Å²) in [6, 6.07) is 0. The molecule has 0 fully saturated rings. The molecule has 0 aliphatic rings. The third-order valence-corrected chi connectivity index (χ3v) is 4.17. The lowest BCUT2D eigenvalue weighted by Crippen LogP contribution is -2.38. The first-order valence-corrected chi connectivity index (χ1v) is 7.21. The Morgan fingerprint density at radius 3 is 2.06 bits per heavy atom. The quantitative estimate of drug-likeness (QED) is 0.761. The average Bonchev–Trinajstić information content (AvgIpc) is 2.09. The van der Waals surface area contributed by atoms with Gasteiger partial charge in [0, 0.05) is 6.54 Å². The van der Waals surface area contributed by atoms with Crippen molar-refractivity contribution in [3.63, 3.8) is 0 Å². The Hall–Kier alpha value is -0.620. The van der Waals surface area contributed by atoms with Gasteiger partial charge in [-0.15, -0.1) is 0 Å². The summed E-state index contributed by atoms with van der Waals surface area (Å²) in [6.45, 7) is 8.86. The molecule has 1 unspecified atom stereocenters. The smallest absolute Gasteiger partial charge is 0.307 e. The number of aliphatic carboxylic acids is 1. The third-order valence-electron chi connectivity index (χ3n) is 2.36. The molecule has 0 spiro atoms. The second-order valence-corrected chi connectivity index (χ2v) is 8.06. The predicted octanol–water partition coefficient (Wildman–Crippen LogP) is 1.45. The van der Waals surface area contributed by atoms with E-state index in [4.69, 9.17) is 5.11 Å². The van der Waals surface area contributed by atoms with Gasteiger partial charge in [0.2, 0.25) is 10.0 Å². The summed E-state index contributed by atoms with van der Waals surface area (Å²) in [6.07, 6.45) is 0.433. The molecule has 17 heavy (non-hydrogen) atoms. The number of hydrogen-bond donors (Lipinski definition) is 2. The van der Waals surface area contributed by atoms with E-state index in [1.54, 1.807) is 13.8 Å². The second kappa shape index (κ2) is 5.82. The molecule has 1 atom stereocenters. The van der Waals surface area contributed by atoms with Gasteiger partial charge in [0.05, 0.1) is 11.2 Å². The normalized spacial score (nSPS) is 14.9. The zero-order valence-corrected chi connectivity index (χ0v) is 12.0. The molecule has 0 aromatic rings. The van der Waals surface area contributed by atoms with Crippen molar-refractivity contribution in [1.82, 2.24) is 4.72 Å². The molecule has 0 amide bonds. The molecule has 0 rings (SSSR count). The molecule has 0 aromatic carbocycles. The van der Waals surface area contributed by atoms with E-state index >= 15 is 0 Å². The zero-order valence-electron chi connectivity index (χ0n) is 11.1. The van der Waals surface area contributed by atoms with Gasteiger partial charge < -0.3 is 5.11 Å². The van der Waals surface area contributed by atoms with Gasteiger partial charge in [-0.1, -0.05) is 20.8 Å². The van der Waals surface area contributed by atoms with Crippen LogP contribution in [0.5, 0.6) is 0 Å². The van der Waals surface area contributed by atoms with Crippen LogP contribution < -0.4 is 4.72 Å². The lowest BCUT2D eigenvalue weighted by molar-refractivity contribution is -0.142. The highest BCUT2D eigenvalue weighted by Gasteiger charge is 2.26. The second-order valence-electron chi connectivity index (χ2n) is 5.74. The first-order chi connectivity index (χ1) is 7.46. The summed E-state index contributed by atoms with van der Waals surface area (Å²) in [5.74, 6) is -1.66. The van der Waals surface area contributed by atoms with E-state index in [-0.39, 0.29) is 12.0 Å². The van der Waals surface area contributed by atoms with Crippen LogP contribution in [0.4, 0.5) is 0 Å². The van der Waals surface area contributed by atoms with Crippen LogP contribution in [0, 0.1) is 11.3 Å². The molecule has 2 N–H and O–H groups in total. The van der Waals surface area contributed by atoms with E-state index in [2.05, 4.69) is 4.72 Å². The van der Waals surface area contributed by atoms with E-state index < -0.39 is 27.2 Å². The fourth-order valence-corrected chi connectivity index (χ4v) is 2.14. The molecule has 0 aliphatic heterocycles. The number of carboxylic acid groups (broad SMARTS) is 1. The molecule has 0 radical (unpaired) electrons. The van der Waals surface area contributed by atoms with E-state index in [1.165, 1.54) is 0 Å². The fourth-order valence-electron chi connectivity index (χ4n) is 1.37. The minimum absolute atomic E-state index is 0.0485. The van der Waals surface area contributed by atoms with E-state index in [0.29, 0.717) is 6.42 Å². The molecular formula is C11H23NO4S. The van der Waals surface area contributed by atoms with E-state index in [0.717, 1.165) is 0 Å². The van der Waals surface area contributed by atoms with Crippen molar-refractivity contribution >= 4 is 16.0 Å². The Morgan fingerprint density at radius 1 is 1.29 bits per heavy atom. The van der Waals surface area contributed by atoms with Crippen LogP contribution in [0.15, 0.2) is 0 Å². The first-order valence-electron chi connectivity index (χ1n) is 5.67. The minimum Gasteiger partial charge on any atom is -0.481 e. The molecule has 0 bridgehead atoms. The van der Waals surface area contributed by atoms with E-state index in [1.807, 2.05) is 20.8 Å². The average molecular weight is 265 g/mol. The summed E-state index contributed by atoms with van der Waals surface area (Å²) < 4.78 is 25.4. The highest BCUT2D eigenvalue weighted by atomic mass is 32.2. The molecule has 0 aromatic heterocycles. The number of carboxylic acids is 1. The van der Waals surface area contributed by atoms with Gasteiger partial charge in [-0.05, 0) is 25.7 Å². The highest BCUT2D eigenvalue weighted by molar-refractivity contribution is 7.90. The molecule has 0 aliphatic carbocycles. The molecule has 0 saturated carbocycles. The zero-order chi connectivity index (χ0) is 13.9. The van der Waals surface area contributed by atoms with Crippen molar-refractivity contribution in [2.24, 2.45) is 11.3 Å². The Bertz CT molecular complexity index is 354. The van der Waals surface area contributed by atoms with Gasteiger partial charge in [-0.25, -0.2) is 13.1 Å². The van der Waals surface area contributed by atoms with Gasteiger partial charge >= 0.3 is 5.97 Å². The van der Waals surface area contributed by atoms with Crippen LogP contribution in [0.2, 0.25) is 0 Å². The van der Waals surface area contributed by atoms with Crippen molar-refractivity contribution < 1.29 is 18.3 Å². The monoisotopic (exact) mass is 265 g/mol. The lowest BCUT2D eigenvalue weighted by atomic mass is 9.85. The fraction of sp³-hybridized carbons (Fsp3) is 0.909. The van der Waals surface area contributed by atoms with Gasteiger partial charge in [0.15, 0.2) is 0 Å². The molecule has 0 saturated heterocycles. The molecule has 102 valence electrons.